The van der Waals surface area contributed by atoms with Gasteiger partial charge in [0.05, 0.1) is 11.9 Å². The summed E-state index contributed by atoms with van der Waals surface area (Å²) >= 11 is 0. The van der Waals surface area contributed by atoms with Crippen molar-refractivity contribution >= 4 is 29.4 Å². The first-order chi connectivity index (χ1) is 13.0. The average molecular weight is 367 g/mol. The van der Waals surface area contributed by atoms with Crippen LogP contribution in [0.15, 0.2) is 30.6 Å². The molecule has 2 amide bonds. The molecule has 8 nitrogen and oxygen atoms in total. The van der Waals surface area contributed by atoms with Crippen LogP contribution in [-0.4, -0.2) is 34.3 Å². The highest BCUT2D eigenvalue weighted by Crippen LogP contribution is 2.22. The van der Waals surface area contributed by atoms with E-state index in [1.807, 2.05) is 19.1 Å². The van der Waals surface area contributed by atoms with Crippen molar-refractivity contribution in [3.63, 3.8) is 0 Å². The summed E-state index contributed by atoms with van der Waals surface area (Å²) in [6.45, 7) is 1.91. The van der Waals surface area contributed by atoms with Crippen molar-refractivity contribution < 1.29 is 4.79 Å². The number of rotatable bonds is 5. The van der Waals surface area contributed by atoms with E-state index in [9.17, 15) is 4.79 Å². The first-order valence-corrected chi connectivity index (χ1v) is 9.08. The van der Waals surface area contributed by atoms with Crippen molar-refractivity contribution in [3.05, 3.63) is 41.9 Å². The van der Waals surface area contributed by atoms with Gasteiger partial charge < -0.3 is 21.8 Å². The summed E-state index contributed by atoms with van der Waals surface area (Å²) in [6.07, 6.45) is 8.53. The maximum atomic E-state index is 12.2. The minimum Gasteiger partial charge on any atom is -0.354 e. The van der Waals surface area contributed by atoms with Gasteiger partial charge in [-0.2, -0.15) is 0 Å². The van der Waals surface area contributed by atoms with Crippen LogP contribution in [0.25, 0.3) is 0 Å². The molecule has 0 bridgehead atoms. The largest absolute Gasteiger partial charge is 0.354 e. The molecule has 1 aliphatic carbocycles. The number of nitrogens with one attached hydrogen (secondary N) is 4. The maximum absolute atomic E-state index is 12.2. The highest BCUT2D eigenvalue weighted by Gasteiger charge is 2.23. The molecule has 0 unspecified atom stereocenters. The summed E-state index contributed by atoms with van der Waals surface area (Å²) in [5.74, 6) is 0.381. The van der Waals surface area contributed by atoms with Crippen molar-refractivity contribution in [1.29, 1.82) is 5.41 Å². The van der Waals surface area contributed by atoms with E-state index in [0.29, 0.717) is 17.1 Å². The topological polar surface area (TPSA) is 129 Å². The van der Waals surface area contributed by atoms with Crippen molar-refractivity contribution in [1.82, 2.24) is 15.3 Å². The van der Waals surface area contributed by atoms with E-state index >= 15 is 0 Å². The summed E-state index contributed by atoms with van der Waals surface area (Å²) in [7, 11) is 0. The maximum Gasteiger partial charge on any atom is 0.320 e. The van der Waals surface area contributed by atoms with Gasteiger partial charge in [0, 0.05) is 41.4 Å². The normalized spacial score (nSPS) is 19.2. The Hall–Kier alpha value is -3.00. The van der Waals surface area contributed by atoms with Gasteiger partial charge >= 0.3 is 6.03 Å². The molecule has 0 aromatic carbocycles. The number of hydrogen-bond donors (Lipinski definition) is 5. The summed E-state index contributed by atoms with van der Waals surface area (Å²) in [5, 5.41) is 16.5. The van der Waals surface area contributed by atoms with Crippen LogP contribution in [0.3, 0.4) is 0 Å². The molecule has 1 saturated carbocycles. The Morgan fingerprint density at radius 1 is 1.30 bits per heavy atom. The number of nitrogens with two attached hydrogens (primary N) is 1. The third kappa shape index (κ3) is 5.01. The van der Waals surface area contributed by atoms with Crippen LogP contribution >= 0.6 is 0 Å². The van der Waals surface area contributed by atoms with Crippen LogP contribution in [0.2, 0.25) is 0 Å². The molecule has 0 radical (unpaired) electrons. The van der Waals surface area contributed by atoms with E-state index in [-0.39, 0.29) is 18.1 Å². The Balaban J connectivity index is 1.66. The second-order valence-electron chi connectivity index (χ2n) is 6.77. The van der Waals surface area contributed by atoms with Crippen molar-refractivity contribution in [3.8, 4) is 0 Å². The predicted molar refractivity (Wildman–Crippen MR) is 107 cm³/mol. The molecule has 0 saturated heterocycles. The Bertz CT molecular complexity index is 823. The van der Waals surface area contributed by atoms with Gasteiger partial charge in [-0.1, -0.05) is 12.8 Å². The standard InChI is InChI=1S/C19H25N7O/c1-12-8-14(6-7-22-12)24-17-11-23-18(9-13(17)10-20)26-19(27)25-16-5-3-2-4-15(16)21/h6-11,15-16,20H,2-5,21H2,1H3,(H,22,24)(H2,23,25,26,27)/t15-,16-/m0/s1. The van der Waals surface area contributed by atoms with Crippen molar-refractivity contribution in [2.75, 3.05) is 10.6 Å². The predicted octanol–water partition coefficient (Wildman–Crippen LogP) is 2.92. The van der Waals surface area contributed by atoms with E-state index in [2.05, 4.69) is 25.9 Å². The molecular weight excluding hydrogens is 342 g/mol. The lowest BCUT2D eigenvalue weighted by molar-refractivity contribution is 0.240. The monoisotopic (exact) mass is 367 g/mol. The number of anilines is 3. The third-order valence-electron chi connectivity index (χ3n) is 4.64. The summed E-state index contributed by atoms with van der Waals surface area (Å²) in [4.78, 5) is 20.7. The van der Waals surface area contributed by atoms with Gasteiger partial charge in [0.2, 0.25) is 0 Å². The molecule has 2 heterocycles. The lowest BCUT2D eigenvalue weighted by Crippen LogP contribution is -2.50. The quantitative estimate of drug-likeness (QED) is 0.519. The molecule has 1 aliphatic rings. The second kappa shape index (κ2) is 8.59. The Morgan fingerprint density at radius 3 is 2.85 bits per heavy atom. The molecule has 0 spiro atoms. The third-order valence-corrected chi connectivity index (χ3v) is 4.64. The van der Waals surface area contributed by atoms with E-state index in [0.717, 1.165) is 37.1 Å². The zero-order chi connectivity index (χ0) is 19.2. The van der Waals surface area contributed by atoms with Gasteiger partial charge in [-0.3, -0.25) is 10.3 Å². The summed E-state index contributed by atoms with van der Waals surface area (Å²) < 4.78 is 0. The molecule has 8 heteroatoms. The lowest BCUT2D eigenvalue weighted by atomic mass is 9.91. The number of nitrogens with zero attached hydrogens (tertiary/aromatic N) is 2. The molecule has 2 aromatic rings. The number of urea groups is 1. The van der Waals surface area contributed by atoms with E-state index in [4.69, 9.17) is 11.1 Å². The average Bonchev–Trinajstić information content (AvgIpc) is 2.65. The van der Waals surface area contributed by atoms with Gasteiger partial charge in [0.25, 0.3) is 0 Å². The molecular formula is C19H25N7O. The van der Waals surface area contributed by atoms with Crippen molar-refractivity contribution in [2.45, 2.75) is 44.7 Å². The number of aryl methyl sites for hydroxylation is 1. The molecule has 3 rings (SSSR count). The first-order valence-electron chi connectivity index (χ1n) is 9.08. The number of hydrogen-bond acceptors (Lipinski definition) is 6. The molecule has 2 atom stereocenters. The fourth-order valence-electron chi connectivity index (χ4n) is 3.20. The minimum absolute atomic E-state index is 0.00927. The van der Waals surface area contributed by atoms with Crippen LogP contribution in [-0.2, 0) is 0 Å². The minimum atomic E-state index is -0.328. The molecule has 142 valence electrons. The van der Waals surface area contributed by atoms with E-state index < -0.39 is 0 Å². The number of aromatic nitrogens is 2. The van der Waals surface area contributed by atoms with E-state index in [1.165, 1.54) is 6.21 Å². The zero-order valence-corrected chi connectivity index (χ0v) is 15.3. The van der Waals surface area contributed by atoms with Crippen LogP contribution in [0.5, 0.6) is 0 Å². The van der Waals surface area contributed by atoms with Gasteiger partial charge in [-0.25, -0.2) is 9.78 Å². The SMILES string of the molecule is Cc1cc(Nc2cnc(NC(=O)N[C@H]3CCCC[C@@H]3N)cc2C=N)ccn1. The van der Waals surface area contributed by atoms with Crippen LogP contribution in [0.1, 0.15) is 36.9 Å². The van der Waals surface area contributed by atoms with Crippen LogP contribution in [0.4, 0.5) is 22.0 Å². The lowest BCUT2D eigenvalue weighted by Gasteiger charge is -2.29. The molecule has 2 aromatic heterocycles. The van der Waals surface area contributed by atoms with Crippen molar-refractivity contribution in [2.24, 2.45) is 5.73 Å². The Kier molecular flexibility index (Phi) is 5.97. The van der Waals surface area contributed by atoms with Gasteiger partial charge in [-0.15, -0.1) is 0 Å². The fraction of sp³-hybridized carbons (Fsp3) is 0.368. The molecule has 27 heavy (non-hydrogen) atoms. The number of carbonyl (C=O) groups is 1. The molecule has 1 fully saturated rings. The highest BCUT2D eigenvalue weighted by molar-refractivity contribution is 5.92. The first kappa shape index (κ1) is 18.8. The van der Waals surface area contributed by atoms with Gasteiger partial charge in [0.1, 0.15) is 5.82 Å². The fourth-order valence-corrected chi connectivity index (χ4v) is 3.20. The number of amides is 2. The summed E-state index contributed by atoms with van der Waals surface area (Å²) in [5.41, 5.74) is 9.11. The van der Waals surface area contributed by atoms with Crippen LogP contribution < -0.4 is 21.7 Å². The molecule has 6 N–H and O–H groups in total. The Morgan fingerprint density at radius 2 is 2.11 bits per heavy atom. The second-order valence-corrected chi connectivity index (χ2v) is 6.77. The summed E-state index contributed by atoms with van der Waals surface area (Å²) in [6, 6.07) is 5.05. The Labute approximate surface area is 158 Å². The number of pyridine rings is 2. The van der Waals surface area contributed by atoms with Gasteiger partial charge in [-0.05, 0) is 38.0 Å². The van der Waals surface area contributed by atoms with Crippen LogP contribution in [0, 0.1) is 12.3 Å². The zero-order valence-electron chi connectivity index (χ0n) is 15.3. The smallest absolute Gasteiger partial charge is 0.320 e. The van der Waals surface area contributed by atoms with Gasteiger partial charge in [0.15, 0.2) is 0 Å². The molecule has 0 aliphatic heterocycles. The van der Waals surface area contributed by atoms with E-state index in [1.54, 1.807) is 18.5 Å². The number of carbonyl (C=O) groups excluding carboxylic acids is 1. The highest BCUT2D eigenvalue weighted by atomic mass is 16.2.